The number of piperidine rings is 1. The molecule has 2 N–H and O–H groups in total. The summed E-state index contributed by atoms with van der Waals surface area (Å²) in [6, 6.07) is 7.68. The number of amides is 1. The van der Waals surface area contributed by atoms with Crippen molar-refractivity contribution in [3.63, 3.8) is 0 Å². The maximum Gasteiger partial charge on any atom is 0.236 e. The van der Waals surface area contributed by atoms with Crippen molar-refractivity contribution in [2.24, 2.45) is 5.73 Å². The molecule has 3 aromatic rings. The maximum absolute atomic E-state index is 12.0. The Kier molecular flexibility index (Phi) is 5.10. The second-order valence-corrected chi connectivity index (χ2v) is 7.09. The van der Waals surface area contributed by atoms with Gasteiger partial charge in [-0.3, -0.25) is 9.20 Å². The summed E-state index contributed by atoms with van der Waals surface area (Å²) < 4.78 is 1.82. The number of nitrogens with zero attached hydrogens (tertiary/aromatic N) is 7. The Bertz CT molecular complexity index is 1090. The molecular formula is C20H22N8O. The standard InChI is InChI=1S/C20H22N8O/c1-26(15-3-2-8-27(13-15)19(29)10-22)18-6-7-23-20(25-18)16-11-24-17-5-4-14(9-21)12-28(16)17/h4-7,11-12,15H,2-3,8,10,13,22H2,1H3/t15-/m1/s1. The van der Waals surface area contributed by atoms with Gasteiger partial charge in [-0.05, 0) is 31.0 Å². The molecule has 9 nitrogen and oxygen atoms in total. The number of rotatable bonds is 4. The molecule has 0 radical (unpaired) electrons. The largest absolute Gasteiger partial charge is 0.355 e. The molecule has 9 heteroatoms. The monoisotopic (exact) mass is 390 g/mol. The van der Waals surface area contributed by atoms with Gasteiger partial charge in [0.15, 0.2) is 5.82 Å². The number of carbonyl (C=O) groups excluding carboxylic acids is 1. The van der Waals surface area contributed by atoms with Crippen LogP contribution in [0.25, 0.3) is 17.2 Å². The molecule has 1 amide bonds. The van der Waals surface area contributed by atoms with Crippen LogP contribution in [0.15, 0.2) is 36.8 Å². The van der Waals surface area contributed by atoms with Gasteiger partial charge in [-0.1, -0.05) is 0 Å². The highest BCUT2D eigenvalue weighted by Gasteiger charge is 2.26. The lowest BCUT2D eigenvalue weighted by molar-refractivity contribution is -0.130. The zero-order chi connectivity index (χ0) is 20.4. The first-order chi connectivity index (χ1) is 14.1. The molecule has 148 valence electrons. The van der Waals surface area contributed by atoms with E-state index in [1.54, 1.807) is 30.7 Å². The Balaban J connectivity index is 1.62. The second kappa shape index (κ2) is 7.85. The average Bonchev–Trinajstić information content (AvgIpc) is 3.21. The Morgan fingerprint density at radius 1 is 1.38 bits per heavy atom. The van der Waals surface area contributed by atoms with E-state index in [4.69, 9.17) is 10.7 Å². The SMILES string of the molecule is CN(c1ccnc(-c2cnc3ccc(C#N)cn23)n1)[C@@H]1CCCN(C(=O)CN)C1. The van der Waals surface area contributed by atoms with E-state index in [1.807, 2.05) is 22.4 Å². The molecule has 0 aromatic carbocycles. The number of likely N-dealkylation sites (N-methyl/N-ethyl adjacent to an activating group) is 1. The predicted molar refractivity (Wildman–Crippen MR) is 108 cm³/mol. The van der Waals surface area contributed by atoms with Crippen LogP contribution < -0.4 is 10.6 Å². The summed E-state index contributed by atoms with van der Waals surface area (Å²) in [6.07, 6.45) is 7.06. The lowest BCUT2D eigenvalue weighted by Gasteiger charge is -2.38. The fourth-order valence-corrected chi connectivity index (χ4v) is 3.69. The number of carbonyl (C=O) groups is 1. The van der Waals surface area contributed by atoms with Gasteiger partial charge in [0, 0.05) is 38.6 Å². The molecule has 1 atom stereocenters. The fraction of sp³-hybridized carbons (Fsp3) is 0.350. The second-order valence-electron chi connectivity index (χ2n) is 7.09. The predicted octanol–water partition coefficient (Wildman–Crippen LogP) is 1.05. The van der Waals surface area contributed by atoms with Crippen LogP contribution in [0, 0.1) is 11.3 Å². The Morgan fingerprint density at radius 2 is 2.24 bits per heavy atom. The lowest BCUT2D eigenvalue weighted by atomic mass is 10.0. The van der Waals surface area contributed by atoms with E-state index in [1.165, 1.54) is 0 Å². The first-order valence-electron chi connectivity index (χ1n) is 9.52. The number of pyridine rings is 1. The zero-order valence-corrected chi connectivity index (χ0v) is 16.2. The quantitative estimate of drug-likeness (QED) is 0.708. The van der Waals surface area contributed by atoms with Crippen molar-refractivity contribution in [1.82, 2.24) is 24.3 Å². The van der Waals surface area contributed by atoms with Crippen LogP contribution in [-0.2, 0) is 4.79 Å². The smallest absolute Gasteiger partial charge is 0.236 e. The Hall–Kier alpha value is -3.51. The van der Waals surface area contributed by atoms with Gasteiger partial charge in [-0.15, -0.1) is 0 Å². The maximum atomic E-state index is 12.0. The number of nitriles is 1. The van der Waals surface area contributed by atoms with Gasteiger partial charge in [0.05, 0.1) is 18.3 Å². The minimum Gasteiger partial charge on any atom is -0.355 e. The summed E-state index contributed by atoms with van der Waals surface area (Å²) in [4.78, 5) is 29.4. The number of imidazole rings is 1. The third-order valence-corrected chi connectivity index (χ3v) is 5.34. The molecule has 0 bridgehead atoms. The van der Waals surface area contributed by atoms with E-state index >= 15 is 0 Å². The molecule has 1 aliphatic heterocycles. The summed E-state index contributed by atoms with van der Waals surface area (Å²) in [5.41, 5.74) is 7.51. The van der Waals surface area contributed by atoms with Crippen molar-refractivity contribution in [3.05, 3.63) is 42.4 Å². The summed E-state index contributed by atoms with van der Waals surface area (Å²) in [5, 5.41) is 9.18. The highest BCUT2D eigenvalue weighted by Crippen LogP contribution is 2.23. The van der Waals surface area contributed by atoms with Crippen molar-refractivity contribution in [2.45, 2.75) is 18.9 Å². The number of hydrogen-bond acceptors (Lipinski definition) is 7. The van der Waals surface area contributed by atoms with Crippen molar-refractivity contribution in [1.29, 1.82) is 5.26 Å². The fourth-order valence-electron chi connectivity index (χ4n) is 3.69. The molecule has 1 saturated heterocycles. The summed E-state index contributed by atoms with van der Waals surface area (Å²) in [5.74, 6) is 1.28. The molecule has 0 spiro atoms. The van der Waals surface area contributed by atoms with Crippen LogP contribution in [0.1, 0.15) is 18.4 Å². The topological polar surface area (TPSA) is 116 Å². The summed E-state index contributed by atoms with van der Waals surface area (Å²) >= 11 is 0. The molecular weight excluding hydrogens is 368 g/mol. The number of hydrogen-bond donors (Lipinski definition) is 1. The molecule has 29 heavy (non-hydrogen) atoms. The molecule has 1 fully saturated rings. The van der Waals surface area contributed by atoms with Crippen LogP contribution in [0.5, 0.6) is 0 Å². The van der Waals surface area contributed by atoms with Gasteiger partial charge in [0.25, 0.3) is 0 Å². The van der Waals surface area contributed by atoms with E-state index < -0.39 is 0 Å². The van der Waals surface area contributed by atoms with Gasteiger partial charge in [-0.25, -0.2) is 15.0 Å². The minimum absolute atomic E-state index is 0.0227. The van der Waals surface area contributed by atoms with E-state index in [0.29, 0.717) is 17.9 Å². The van der Waals surface area contributed by atoms with Gasteiger partial charge in [-0.2, -0.15) is 5.26 Å². The normalized spacial score (nSPS) is 16.6. The third kappa shape index (κ3) is 3.62. The van der Waals surface area contributed by atoms with Gasteiger partial charge in [0.1, 0.15) is 23.2 Å². The van der Waals surface area contributed by atoms with E-state index in [0.717, 1.165) is 36.5 Å². The molecule has 3 aromatic heterocycles. The number of nitrogens with two attached hydrogens (primary N) is 1. The summed E-state index contributed by atoms with van der Waals surface area (Å²) in [7, 11) is 1.98. The third-order valence-electron chi connectivity index (χ3n) is 5.34. The van der Waals surface area contributed by atoms with Crippen molar-refractivity contribution >= 4 is 17.4 Å². The van der Waals surface area contributed by atoms with Crippen molar-refractivity contribution in [2.75, 3.05) is 31.6 Å². The van der Waals surface area contributed by atoms with Crippen LogP contribution in [0.3, 0.4) is 0 Å². The first-order valence-corrected chi connectivity index (χ1v) is 9.52. The highest BCUT2D eigenvalue weighted by molar-refractivity contribution is 5.78. The van der Waals surface area contributed by atoms with Crippen LogP contribution in [0.2, 0.25) is 0 Å². The molecule has 0 aliphatic carbocycles. The van der Waals surface area contributed by atoms with Gasteiger partial charge in [0.2, 0.25) is 5.91 Å². The molecule has 0 saturated carbocycles. The van der Waals surface area contributed by atoms with E-state index in [-0.39, 0.29) is 18.5 Å². The van der Waals surface area contributed by atoms with Crippen LogP contribution >= 0.6 is 0 Å². The van der Waals surface area contributed by atoms with Gasteiger partial charge < -0.3 is 15.5 Å². The van der Waals surface area contributed by atoms with Gasteiger partial charge >= 0.3 is 0 Å². The number of anilines is 1. The minimum atomic E-state index is -0.0227. The van der Waals surface area contributed by atoms with Crippen molar-refractivity contribution < 1.29 is 4.79 Å². The number of aromatic nitrogens is 4. The van der Waals surface area contributed by atoms with E-state index in [9.17, 15) is 10.1 Å². The van der Waals surface area contributed by atoms with Crippen LogP contribution in [-0.4, -0.2) is 62.9 Å². The zero-order valence-electron chi connectivity index (χ0n) is 16.2. The highest BCUT2D eigenvalue weighted by atomic mass is 16.2. The lowest BCUT2D eigenvalue weighted by Crippen LogP contribution is -2.50. The Morgan fingerprint density at radius 3 is 3.03 bits per heavy atom. The number of fused-ring (bicyclic) bond motifs is 1. The first kappa shape index (κ1) is 18.8. The summed E-state index contributed by atoms with van der Waals surface area (Å²) in [6.45, 7) is 1.42. The van der Waals surface area contributed by atoms with Crippen molar-refractivity contribution in [3.8, 4) is 17.6 Å². The number of likely N-dealkylation sites (tertiary alicyclic amines) is 1. The van der Waals surface area contributed by atoms with E-state index in [2.05, 4.69) is 20.9 Å². The molecule has 4 heterocycles. The van der Waals surface area contributed by atoms with Crippen LogP contribution in [0.4, 0.5) is 5.82 Å². The molecule has 4 rings (SSSR count). The molecule has 1 aliphatic rings. The Labute approximate surface area is 168 Å². The average molecular weight is 390 g/mol. The molecule has 0 unspecified atom stereocenters.